The lowest BCUT2D eigenvalue weighted by atomic mass is 10.1. The minimum Gasteiger partial charge on any atom is -0.313 e. The van der Waals surface area contributed by atoms with Gasteiger partial charge in [0.15, 0.2) is 0 Å². The van der Waals surface area contributed by atoms with Crippen molar-refractivity contribution >= 4 is 11.8 Å². The van der Waals surface area contributed by atoms with Crippen molar-refractivity contribution in [3.8, 4) is 0 Å². The Morgan fingerprint density at radius 3 is 2.28 bits per heavy atom. The van der Waals surface area contributed by atoms with E-state index in [1.54, 1.807) is 0 Å². The molecule has 0 aromatic heterocycles. The lowest BCUT2D eigenvalue weighted by Gasteiger charge is -2.17. The van der Waals surface area contributed by atoms with Crippen molar-refractivity contribution in [1.29, 1.82) is 0 Å². The zero-order valence-corrected chi connectivity index (χ0v) is 12.9. The number of rotatable bonds is 8. The molecule has 0 radical (unpaired) electrons. The van der Waals surface area contributed by atoms with Gasteiger partial charge in [-0.25, -0.2) is 0 Å². The normalized spacial score (nSPS) is 12.9. The summed E-state index contributed by atoms with van der Waals surface area (Å²) in [5.41, 5.74) is 1.35. The molecule has 0 aliphatic heterocycles. The average Bonchev–Trinajstić information content (AvgIpc) is 2.43. The molecule has 0 fully saturated rings. The summed E-state index contributed by atoms with van der Waals surface area (Å²) in [6.45, 7) is 10.1. The highest BCUT2D eigenvalue weighted by molar-refractivity contribution is 7.99. The van der Waals surface area contributed by atoms with Gasteiger partial charge in [0.2, 0.25) is 0 Å². The molecule has 102 valence electrons. The monoisotopic (exact) mass is 266 g/mol. The molecule has 1 aromatic carbocycles. The first-order valence-electron chi connectivity index (χ1n) is 6.83. The molecule has 1 unspecified atom stereocenters. The first kappa shape index (κ1) is 15.5. The summed E-state index contributed by atoms with van der Waals surface area (Å²) in [4.78, 5) is 3.83. The molecule has 0 heterocycles. The van der Waals surface area contributed by atoms with Crippen molar-refractivity contribution in [2.24, 2.45) is 0 Å². The van der Waals surface area contributed by atoms with Crippen LogP contribution in [0.3, 0.4) is 0 Å². The Hall–Kier alpha value is -0.510. The Morgan fingerprint density at radius 1 is 1.17 bits per heavy atom. The van der Waals surface area contributed by atoms with Crippen molar-refractivity contribution in [3.05, 3.63) is 29.8 Å². The zero-order chi connectivity index (χ0) is 13.4. The molecule has 1 rings (SSSR count). The summed E-state index contributed by atoms with van der Waals surface area (Å²) in [6.07, 6.45) is 0. The van der Waals surface area contributed by atoms with E-state index >= 15 is 0 Å². The summed E-state index contributed by atoms with van der Waals surface area (Å²) in [7, 11) is 2.00. The van der Waals surface area contributed by atoms with E-state index in [9.17, 15) is 0 Å². The van der Waals surface area contributed by atoms with Gasteiger partial charge < -0.3 is 10.2 Å². The van der Waals surface area contributed by atoms with Gasteiger partial charge in [0.25, 0.3) is 0 Å². The van der Waals surface area contributed by atoms with Crippen molar-refractivity contribution in [3.63, 3.8) is 0 Å². The van der Waals surface area contributed by atoms with Gasteiger partial charge in [-0.1, -0.05) is 26.0 Å². The van der Waals surface area contributed by atoms with E-state index in [-0.39, 0.29) is 0 Å². The SMILES string of the molecule is CCN(CC)CCSc1ccc(C(C)NC)cc1. The van der Waals surface area contributed by atoms with E-state index in [0.29, 0.717) is 6.04 Å². The van der Waals surface area contributed by atoms with Gasteiger partial charge >= 0.3 is 0 Å². The average molecular weight is 266 g/mol. The third-order valence-corrected chi connectivity index (χ3v) is 4.38. The predicted molar refractivity (Wildman–Crippen MR) is 82.4 cm³/mol. The molecule has 1 aromatic rings. The molecule has 1 N–H and O–H groups in total. The Kier molecular flexibility index (Phi) is 7.40. The minimum atomic E-state index is 0.430. The van der Waals surface area contributed by atoms with E-state index in [0.717, 1.165) is 13.1 Å². The molecule has 0 aliphatic rings. The maximum Gasteiger partial charge on any atom is 0.0289 e. The summed E-state index contributed by atoms with van der Waals surface area (Å²) >= 11 is 1.95. The molecule has 18 heavy (non-hydrogen) atoms. The standard InChI is InChI=1S/C15H26N2S/c1-5-17(6-2)11-12-18-15-9-7-14(8-10-15)13(3)16-4/h7-10,13,16H,5-6,11-12H2,1-4H3. The van der Waals surface area contributed by atoms with Gasteiger partial charge in [-0.15, -0.1) is 11.8 Å². The topological polar surface area (TPSA) is 15.3 Å². The molecule has 0 amide bonds. The first-order valence-corrected chi connectivity index (χ1v) is 7.82. The van der Waals surface area contributed by atoms with Crippen molar-refractivity contribution < 1.29 is 0 Å². The molecule has 0 saturated carbocycles. The van der Waals surface area contributed by atoms with Crippen LogP contribution in [-0.4, -0.2) is 37.3 Å². The summed E-state index contributed by atoms with van der Waals surface area (Å²) < 4.78 is 0. The number of thioether (sulfide) groups is 1. The van der Waals surface area contributed by atoms with E-state index in [1.807, 2.05) is 18.8 Å². The van der Waals surface area contributed by atoms with Crippen molar-refractivity contribution in [2.45, 2.75) is 31.7 Å². The van der Waals surface area contributed by atoms with Gasteiger partial charge in [-0.3, -0.25) is 0 Å². The number of nitrogens with zero attached hydrogens (tertiary/aromatic N) is 1. The smallest absolute Gasteiger partial charge is 0.0289 e. The fraction of sp³-hybridized carbons (Fsp3) is 0.600. The third-order valence-electron chi connectivity index (χ3n) is 3.38. The highest BCUT2D eigenvalue weighted by Gasteiger charge is 2.03. The van der Waals surface area contributed by atoms with Crippen molar-refractivity contribution in [1.82, 2.24) is 10.2 Å². The van der Waals surface area contributed by atoms with E-state index in [2.05, 4.69) is 55.3 Å². The molecular formula is C15H26N2S. The van der Waals surface area contributed by atoms with Crippen LogP contribution in [0.2, 0.25) is 0 Å². The van der Waals surface area contributed by atoms with Crippen LogP contribution < -0.4 is 5.32 Å². The second kappa shape index (κ2) is 8.57. The van der Waals surface area contributed by atoms with Gasteiger partial charge in [0.1, 0.15) is 0 Å². The highest BCUT2D eigenvalue weighted by atomic mass is 32.2. The fourth-order valence-electron chi connectivity index (χ4n) is 1.85. The van der Waals surface area contributed by atoms with Crippen LogP contribution >= 0.6 is 11.8 Å². The lowest BCUT2D eigenvalue weighted by Crippen LogP contribution is -2.25. The van der Waals surface area contributed by atoms with Crippen molar-refractivity contribution in [2.75, 3.05) is 32.4 Å². The first-order chi connectivity index (χ1) is 8.71. The van der Waals surface area contributed by atoms with Crippen LogP contribution in [-0.2, 0) is 0 Å². The number of hydrogen-bond donors (Lipinski definition) is 1. The van der Waals surface area contributed by atoms with Gasteiger partial charge in [-0.05, 0) is 44.8 Å². The molecule has 0 spiro atoms. The Morgan fingerprint density at radius 2 is 1.78 bits per heavy atom. The zero-order valence-electron chi connectivity index (χ0n) is 12.1. The molecule has 1 atom stereocenters. The van der Waals surface area contributed by atoms with E-state index in [4.69, 9.17) is 0 Å². The predicted octanol–water partition coefficient (Wildman–Crippen LogP) is 3.40. The van der Waals surface area contributed by atoms with Crippen LogP contribution in [0.1, 0.15) is 32.4 Å². The van der Waals surface area contributed by atoms with Crippen LogP contribution in [0.4, 0.5) is 0 Å². The van der Waals surface area contributed by atoms with Crippen LogP contribution in [0, 0.1) is 0 Å². The summed E-state index contributed by atoms with van der Waals surface area (Å²) in [5.74, 6) is 1.17. The highest BCUT2D eigenvalue weighted by Crippen LogP contribution is 2.20. The van der Waals surface area contributed by atoms with Crippen LogP contribution in [0.15, 0.2) is 29.2 Å². The molecule has 0 saturated heterocycles. The van der Waals surface area contributed by atoms with Crippen LogP contribution in [0.5, 0.6) is 0 Å². The fourth-order valence-corrected chi connectivity index (χ4v) is 2.77. The van der Waals surface area contributed by atoms with Gasteiger partial charge in [0, 0.05) is 23.2 Å². The Labute approximate surface area is 116 Å². The Bertz CT molecular complexity index is 320. The maximum atomic E-state index is 3.26. The quantitative estimate of drug-likeness (QED) is 0.726. The summed E-state index contributed by atoms with van der Waals surface area (Å²) in [6, 6.07) is 9.34. The van der Waals surface area contributed by atoms with Gasteiger partial charge in [-0.2, -0.15) is 0 Å². The molecule has 2 nitrogen and oxygen atoms in total. The second-order valence-electron chi connectivity index (χ2n) is 4.45. The second-order valence-corrected chi connectivity index (χ2v) is 5.62. The number of benzene rings is 1. The lowest BCUT2D eigenvalue weighted by molar-refractivity contribution is 0.324. The Balaban J connectivity index is 2.39. The largest absolute Gasteiger partial charge is 0.313 e. The molecule has 0 aliphatic carbocycles. The minimum absolute atomic E-state index is 0.430. The summed E-state index contributed by atoms with van der Waals surface area (Å²) in [5, 5.41) is 3.26. The number of hydrogen-bond acceptors (Lipinski definition) is 3. The maximum absolute atomic E-state index is 3.26. The molecule has 0 bridgehead atoms. The van der Waals surface area contributed by atoms with E-state index < -0.39 is 0 Å². The van der Waals surface area contributed by atoms with E-state index in [1.165, 1.54) is 22.8 Å². The third kappa shape index (κ3) is 5.01. The van der Waals surface area contributed by atoms with Crippen LogP contribution in [0.25, 0.3) is 0 Å². The number of nitrogens with one attached hydrogen (secondary N) is 1. The van der Waals surface area contributed by atoms with Gasteiger partial charge in [0.05, 0.1) is 0 Å². The molecule has 3 heteroatoms. The molecular weight excluding hydrogens is 240 g/mol.